The van der Waals surface area contributed by atoms with Crippen molar-refractivity contribution in [1.29, 1.82) is 0 Å². The minimum Gasteiger partial charge on any atom is -0.445 e. The highest BCUT2D eigenvalue weighted by Crippen LogP contribution is 2.39. The van der Waals surface area contributed by atoms with Crippen LogP contribution >= 0.6 is 0 Å². The van der Waals surface area contributed by atoms with E-state index in [9.17, 15) is 4.79 Å². The van der Waals surface area contributed by atoms with Gasteiger partial charge in [-0.05, 0) is 55.0 Å². The number of rotatable bonds is 6. The summed E-state index contributed by atoms with van der Waals surface area (Å²) >= 11 is 0. The number of piperazine rings is 1. The molecule has 1 heterocycles. The van der Waals surface area contributed by atoms with Crippen molar-refractivity contribution in [2.45, 2.75) is 45.3 Å². The van der Waals surface area contributed by atoms with Crippen molar-refractivity contribution in [3.05, 3.63) is 65.2 Å². The molecule has 31 heavy (non-hydrogen) atoms. The Morgan fingerprint density at radius 3 is 2.58 bits per heavy atom. The molecule has 1 aliphatic carbocycles. The molecule has 0 spiro atoms. The molecule has 166 valence electrons. The van der Waals surface area contributed by atoms with Crippen LogP contribution in [0.2, 0.25) is 0 Å². The van der Waals surface area contributed by atoms with Crippen LogP contribution < -0.4 is 4.90 Å². The fourth-order valence-electron chi connectivity index (χ4n) is 4.98. The summed E-state index contributed by atoms with van der Waals surface area (Å²) in [5.74, 6) is 0. The van der Waals surface area contributed by atoms with Crippen LogP contribution in [0.15, 0.2) is 48.5 Å². The van der Waals surface area contributed by atoms with Crippen LogP contribution in [-0.2, 0) is 17.8 Å². The number of carbonyl (C=O) groups excluding carboxylic acids is 1. The zero-order valence-electron chi connectivity index (χ0n) is 18.9. The van der Waals surface area contributed by atoms with Crippen molar-refractivity contribution < 1.29 is 9.53 Å². The van der Waals surface area contributed by atoms with Gasteiger partial charge in [-0.25, -0.2) is 4.79 Å². The molecule has 1 aliphatic heterocycles. The second kappa shape index (κ2) is 10.2. The van der Waals surface area contributed by atoms with Gasteiger partial charge in [0.15, 0.2) is 0 Å². The van der Waals surface area contributed by atoms with Crippen LogP contribution in [-0.4, -0.2) is 55.7 Å². The number of fused-ring (bicyclic) bond motifs is 1. The third-order valence-corrected chi connectivity index (χ3v) is 6.66. The Kier molecular flexibility index (Phi) is 7.13. The summed E-state index contributed by atoms with van der Waals surface area (Å²) in [5, 5.41) is 0. The molecule has 0 bridgehead atoms. The molecule has 1 saturated heterocycles. The molecule has 4 rings (SSSR count). The average Bonchev–Trinajstić information content (AvgIpc) is 2.82. The Morgan fingerprint density at radius 1 is 1.06 bits per heavy atom. The second-order valence-corrected chi connectivity index (χ2v) is 8.73. The van der Waals surface area contributed by atoms with Gasteiger partial charge >= 0.3 is 6.09 Å². The van der Waals surface area contributed by atoms with Gasteiger partial charge < -0.3 is 14.5 Å². The summed E-state index contributed by atoms with van der Waals surface area (Å²) in [6.45, 7) is 8.18. The van der Waals surface area contributed by atoms with Crippen molar-refractivity contribution >= 4 is 11.8 Å². The van der Waals surface area contributed by atoms with Gasteiger partial charge in [0, 0.05) is 38.9 Å². The summed E-state index contributed by atoms with van der Waals surface area (Å²) in [6.07, 6.45) is 4.14. The maximum atomic E-state index is 12.8. The minimum absolute atomic E-state index is 0.0772. The first-order valence-corrected chi connectivity index (χ1v) is 11.7. The molecule has 1 amide bonds. The summed E-state index contributed by atoms with van der Waals surface area (Å²) in [4.78, 5) is 19.7. The Bertz CT molecular complexity index is 862. The molecule has 5 nitrogen and oxygen atoms in total. The van der Waals surface area contributed by atoms with Crippen LogP contribution in [0.3, 0.4) is 0 Å². The van der Waals surface area contributed by atoms with E-state index in [2.05, 4.69) is 34.9 Å². The van der Waals surface area contributed by atoms with Gasteiger partial charge in [-0.1, -0.05) is 49.4 Å². The second-order valence-electron chi connectivity index (χ2n) is 8.73. The number of carbonyl (C=O) groups is 1. The van der Waals surface area contributed by atoms with E-state index in [1.165, 1.54) is 29.8 Å². The summed E-state index contributed by atoms with van der Waals surface area (Å²) in [6, 6.07) is 16.6. The molecule has 0 N–H and O–H groups in total. The molecular formula is C26H35N3O2. The molecule has 0 saturated carbocycles. The molecule has 0 aromatic heterocycles. The fourth-order valence-corrected chi connectivity index (χ4v) is 4.98. The SMILES string of the molecule is CCCN1CCN(c2cccc3c2CCCC3N(C)C(=O)OCc2ccccc2)CC1. The van der Waals surface area contributed by atoms with E-state index in [0.717, 1.165) is 51.0 Å². The third kappa shape index (κ3) is 5.04. The lowest BCUT2D eigenvalue weighted by atomic mass is 9.85. The number of hydrogen-bond donors (Lipinski definition) is 0. The first-order chi connectivity index (χ1) is 15.2. The largest absolute Gasteiger partial charge is 0.445 e. The van der Waals surface area contributed by atoms with E-state index in [1.54, 1.807) is 4.90 Å². The summed E-state index contributed by atoms with van der Waals surface area (Å²) in [5.41, 5.74) is 5.09. The molecule has 1 atom stereocenters. The number of anilines is 1. The Hall–Kier alpha value is -2.53. The third-order valence-electron chi connectivity index (χ3n) is 6.66. The zero-order valence-corrected chi connectivity index (χ0v) is 18.9. The minimum atomic E-state index is -0.250. The van der Waals surface area contributed by atoms with Gasteiger partial charge in [-0.2, -0.15) is 0 Å². The quantitative estimate of drug-likeness (QED) is 0.667. The highest BCUT2D eigenvalue weighted by molar-refractivity contribution is 5.69. The van der Waals surface area contributed by atoms with Crippen LogP contribution in [0.4, 0.5) is 10.5 Å². The highest BCUT2D eigenvalue weighted by atomic mass is 16.6. The van der Waals surface area contributed by atoms with E-state index in [1.807, 2.05) is 37.4 Å². The monoisotopic (exact) mass is 421 g/mol. The number of nitrogens with zero attached hydrogens (tertiary/aromatic N) is 3. The maximum Gasteiger partial charge on any atom is 0.410 e. The van der Waals surface area contributed by atoms with Crippen molar-refractivity contribution in [3.8, 4) is 0 Å². The molecule has 2 aromatic rings. The van der Waals surface area contributed by atoms with Crippen molar-refractivity contribution in [3.63, 3.8) is 0 Å². The normalized spacial score (nSPS) is 19.0. The number of benzene rings is 2. The van der Waals surface area contributed by atoms with Crippen molar-refractivity contribution in [2.24, 2.45) is 0 Å². The Labute approximate surface area is 186 Å². The van der Waals surface area contributed by atoms with E-state index in [0.29, 0.717) is 6.61 Å². The van der Waals surface area contributed by atoms with E-state index in [-0.39, 0.29) is 12.1 Å². The molecule has 5 heteroatoms. The molecule has 2 aromatic carbocycles. The van der Waals surface area contributed by atoms with Gasteiger partial charge in [0.25, 0.3) is 0 Å². The van der Waals surface area contributed by atoms with Crippen LogP contribution in [0, 0.1) is 0 Å². The standard InChI is InChI=1S/C26H35N3O2/c1-3-15-28-16-18-29(19-17-28)25-14-8-11-22-23(25)12-7-13-24(22)27(2)26(30)31-20-21-9-5-4-6-10-21/h4-6,8-11,14,24H,3,7,12-13,15-20H2,1-2H3. The molecule has 2 aliphatic rings. The number of hydrogen-bond acceptors (Lipinski definition) is 4. The average molecular weight is 422 g/mol. The number of amides is 1. The molecule has 1 unspecified atom stereocenters. The van der Waals surface area contributed by atoms with Gasteiger partial charge in [-0.3, -0.25) is 4.90 Å². The smallest absolute Gasteiger partial charge is 0.410 e. The van der Waals surface area contributed by atoms with E-state index >= 15 is 0 Å². The predicted octanol–water partition coefficient (Wildman–Crippen LogP) is 4.86. The summed E-state index contributed by atoms with van der Waals surface area (Å²) in [7, 11) is 1.88. The van der Waals surface area contributed by atoms with Crippen LogP contribution in [0.25, 0.3) is 0 Å². The first-order valence-electron chi connectivity index (χ1n) is 11.7. The Morgan fingerprint density at radius 2 is 1.84 bits per heavy atom. The van der Waals surface area contributed by atoms with E-state index in [4.69, 9.17) is 4.74 Å². The van der Waals surface area contributed by atoms with Gasteiger partial charge in [-0.15, -0.1) is 0 Å². The lowest BCUT2D eigenvalue weighted by molar-refractivity contribution is 0.0876. The molecule has 0 radical (unpaired) electrons. The topological polar surface area (TPSA) is 36.0 Å². The van der Waals surface area contributed by atoms with E-state index < -0.39 is 0 Å². The van der Waals surface area contributed by atoms with Crippen LogP contribution in [0.5, 0.6) is 0 Å². The highest BCUT2D eigenvalue weighted by Gasteiger charge is 2.30. The lowest BCUT2D eigenvalue weighted by Gasteiger charge is -2.39. The first kappa shape index (κ1) is 21.7. The molecule has 1 fully saturated rings. The molecular weight excluding hydrogens is 386 g/mol. The Balaban J connectivity index is 1.45. The maximum absolute atomic E-state index is 12.8. The lowest BCUT2D eigenvalue weighted by Crippen LogP contribution is -2.47. The van der Waals surface area contributed by atoms with Crippen LogP contribution in [0.1, 0.15) is 48.9 Å². The number of ether oxygens (including phenoxy) is 1. The van der Waals surface area contributed by atoms with Gasteiger partial charge in [0.05, 0.1) is 6.04 Å². The predicted molar refractivity (Wildman–Crippen MR) is 125 cm³/mol. The van der Waals surface area contributed by atoms with Gasteiger partial charge in [0.2, 0.25) is 0 Å². The van der Waals surface area contributed by atoms with Gasteiger partial charge in [0.1, 0.15) is 6.61 Å². The summed E-state index contributed by atoms with van der Waals surface area (Å²) < 4.78 is 5.61. The van der Waals surface area contributed by atoms with Crippen molar-refractivity contribution in [1.82, 2.24) is 9.80 Å². The fraction of sp³-hybridized carbons (Fsp3) is 0.500. The van der Waals surface area contributed by atoms with Crippen molar-refractivity contribution in [2.75, 3.05) is 44.7 Å². The zero-order chi connectivity index (χ0) is 21.6.